The van der Waals surface area contributed by atoms with Crippen LogP contribution in [0.5, 0.6) is 0 Å². The Balaban J connectivity index is 2.03. The van der Waals surface area contributed by atoms with Gasteiger partial charge in [0.05, 0.1) is 25.0 Å². The molecule has 1 heterocycles. The van der Waals surface area contributed by atoms with E-state index in [9.17, 15) is 5.11 Å². The summed E-state index contributed by atoms with van der Waals surface area (Å²) in [6, 6.07) is 0. The summed E-state index contributed by atoms with van der Waals surface area (Å²) < 4.78 is 7.11. The highest BCUT2D eigenvalue weighted by Crippen LogP contribution is 1.96. The van der Waals surface area contributed by atoms with Gasteiger partial charge in [0.25, 0.3) is 0 Å². The first kappa shape index (κ1) is 14.2. The minimum Gasteiger partial charge on any atom is -0.389 e. The molecular formula is C12H23N3O2. The Morgan fingerprint density at radius 1 is 1.53 bits per heavy atom. The highest BCUT2D eigenvalue weighted by molar-refractivity contribution is 5.03. The van der Waals surface area contributed by atoms with Gasteiger partial charge in [-0.25, -0.2) is 0 Å². The van der Waals surface area contributed by atoms with Crippen molar-refractivity contribution in [2.75, 3.05) is 19.7 Å². The lowest BCUT2D eigenvalue weighted by atomic mass is 10.2. The molecule has 0 spiro atoms. The normalized spacial score (nSPS) is 13.2. The van der Waals surface area contributed by atoms with E-state index in [2.05, 4.69) is 10.4 Å². The lowest BCUT2D eigenvalue weighted by Crippen LogP contribution is -2.32. The van der Waals surface area contributed by atoms with Crippen LogP contribution in [0.4, 0.5) is 0 Å². The molecule has 0 aliphatic carbocycles. The van der Waals surface area contributed by atoms with Gasteiger partial charge in [0.2, 0.25) is 0 Å². The summed E-state index contributed by atoms with van der Waals surface area (Å²) in [4.78, 5) is 0. The van der Waals surface area contributed by atoms with Gasteiger partial charge in [0.15, 0.2) is 0 Å². The van der Waals surface area contributed by atoms with Gasteiger partial charge in [0.1, 0.15) is 0 Å². The zero-order valence-corrected chi connectivity index (χ0v) is 10.9. The second kappa shape index (κ2) is 7.42. The molecule has 0 saturated heterocycles. The summed E-state index contributed by atoms with van der Waals surface area (Å²) in [7, 11) is 1.91. The predicted octanol–water partition coefficient (Wildman–Crippen LogP) is 0.338. The molecule has 0 aliphatic heterocycles. The molecule has 5 heteroatoms. The first-order chi connectivity index (χ1) is 8.08. The fourth-order valence-electron chi connectivity index (χ4n) is 1.46. The largest absolute Gasteiger partial charge is 0.389 e. The van der Waals surface area contributed by atoms with Gasteiger partial charge in [0, 0.05) is 19.8 Å². The van der Waals surface area contributed by atoms with Crippen LogP contribution in [0.15, 0.2) is 12.4 Å². The quantitative estimate of drug-likeness (QED) is 0.644. The van der Waals surface area contributed by atoms with Crippen molar-refractivity contribution in [2.24, 2.45) is 7.05 Å². The van der Waals surface area contributed by atoms with Crippen molar-refractivity contribution in [3.05, 3.63) is 18.0 Å². The molecule has 0 fully saturated rings. The van der Waals surface area contributed by atoms with E-state index in [1.54, 1.807) is 4.68 Å². The molecule has 0 amide bonds. The zero-order chi connectivity index (χ0) is 12.7. The van der Waals surface area contributed by atoms with Crippen LogP contribution in [0.3, 0.4) is 0 Å². The summed E-state index contributed by atoms with van der Waals surface area (Å²) >= 11 is 0. The minimum absolute atomic E-state index is 0.167. The molecular weight excluding hydrogens is 218 g/mol. The molecule has 98 valence electrons. The van der Waals surface area contributed by atoms with Crippen molar-refractivity contribution in [2.45, 2.75) is 32.5 Å². The van der Waals surface area contributed by atoms with Crippen molar-refractivity contribution < 1.29 is 9.84 Å². The van der Waals surface area contributed by atoms with Crippen LogP contribution in [-0.2, 0) is 18.2 Å². The van der Waals surface area contributed by atoms with E-state index in [-0.39, 0.29) is 6.10 Å². The molecule has 2 N–H and O–H groups in total. The van der Waals surface area contributed by atoms with E-state index in [1.807, 2.05) is 33.3 Å². The molecule has 1 unspecified atom stereocenters. The van der Waals surface area contributed by atoms with Crippen molar-refractivity contribution in [3.63, 3.8) is 0 Å². The molecule has 1 aromatic rings. The molecule has 1 rings (SSSR count). The monoisotopic (exact) mass is 241 g/mol. The lowest BCUT2D eigenvalue weighted by molar-refractivity contribution is 0.00652. The third kappa shape index (κ3) is 6.41. The van der Waals surface area contributed by atoms with E-state index >= 15 is 0 Å². The number of nitrogens with one attached hydrogen (secondary N) is 1. The maximum absolute atomic E-state index is 9.60. The number of aromatic nitrogens is 2. The lowest BCUT2D eigenvalue weighted by Gasteiger charge is -2.13. The number of aliphatic hydroxyl groups excluding tert-OH is 1. The summed E-state index contributed by atoms with van der Waals surface area (Å²) in [5.41, 5.74) is 1.20. The smallest absolute Gasteiger partial charge is 0.0897 e. The van der Waals surface area contributed by atoms with Gasteiger partial charge in [-0.1, -0.05) is 0 Å². The number of rotatable bonds is 8. The zero-order valence-electron chi connectivity index (χ0n) is 10.9. The second-order valence-electron chi connectivity index (χ2n) is 4.51. The Hall–Kier alpha value is -0.910. The molecule has 0 bridgehead atoms. The fourth-order valence-corrected chi connectivity index (χ4v) is 1.46. The van der Waals surface area contributed by atoms with Crippen molar-refractivity contribution in [1.29, 1.82) is 0 Å². The van der Waals surface area contributed by atoms with Crippen LogP contribution < -0.4 is 5.32 Å². The standard InChI is InChI=1S/C12H23N3O2/c1-10(2)17-9-12(16)7-13-5-4-11-6-14-15(3)8-11/h6,8,10,12-13,16H,4-5,7,9H2,1-3H3. The van der Waals surface area contributed by atoms with E-state index < -0.39 is 6.10 Å². The SMILES string of the molecule is CC(C)OCC(O)CNCCc1cnn(C)c1. The Morgan fingerprint density at radius 3 is 2.88 bits per heavy atom. The number of hydrogen-bond donors (Lipinski definition) is 2. The van der Waals surface area contributed by atoms with Crippen LogP contribution in [0.1, 0.15) is 19.4 Å². The molecule has 5 nitrogen and oxygen atoms in total. The highest BCUT2D eigenvalue weighted by Gasteiger charge is 2.05. The van der Waals surface area contributed by atoms with Crippen LogP contribution in [-0.4, -0.2) is 46.8 Å². The van der Waals surface area contributed by atoms with E-state index in [1.165, 1.54) is 5.56 Å². The molecule has 1 aromatic heterocycles. The third-order valence-corrected chi connectivity index (χ3v) is 2.35. The number of hydrogen-bond acceptors (Lipinski definition) is 4. The average molecular weight is 241 g/mol. The molecule has 17 heavy (non-hydrogen) atoms. The van der Waals surface area contributed by atoms with Gasteiger partial charge in [-0.2, -0.15) is 5.10 Å². The van der Waals surface area contributed by atoms with Gasteiger partial charge in [-0.05, 0) is 32.4 Å². The topological polar surface area (TPSA) is 59.3 Å². The summed E-state index contributed by atoms with van der Waals surface area (Å²) in [6.07, 6.45) is 4.51. The van der Waals surface area contributed by atoms with Crippen molar-refractivity contribution >= 4 is 0 Å². The van der Waals surface area contributed by atoms with E-state index in [4.69, 9.17) is 4.74 Å². The van der Waals surface area contributed by atoms with Crippen LogP contribution in [0.2, 0.25) is 0 Å². The number of aryl methyl sites for hydroxylation is 1. The Labute approximate surface area is 103 Å². The summed E-state index contributed by atoms with van der Waals surface area (Å²) in [5, 5.41) is 16.9. The van der Waals surface area contributed by atoms with E-state index in [0.717, 1.165) is 13.0 Å². The molecule has 0 radical (unpaired) electrons. The van der Waals surface area contributed by atoms with Crippen molar-refractivity contribution in [3.8, 4) is 0 Å². The van der Waals surface area contributed by atoms with Gasteiger partial charge in [-0.15, -0.1) is 0 Å². The minimum atomic E-state index is -0.439. The Morgan fingerprint density at radius 2 is 2.29 bits per heavy atom. The number of aliphatic hydroxyl groups is 1. The molecule has 0 aromatic carbocycles. The second-order valence-corrected chi connectivity index (χ2v) is 4.51. The molecule has 0 aliphatic rings. The first-order valence-electron chi connectivity index (χ1n) is 6.06. The number of nitrogens with zero attached hydrogens (tertiary/aromatic N) is 2. The Bertz CT molecular complexity index is 312. The number of ether oxygens (including phenoxy) is 1. The van der Waals surface area contributed by atoms with Crippen molar-refractivity contribution in [1.82, 2.24) is 15.1 Å². The third-order valence-electron chi connectivity index (χ3n) is 2.35. The Kier molecular flexibility index (Phi) is 6.18. The fraction of sp³-hybridized carbons (Fsp3) is 0.750. The van der Waals surface area contributed by atoms with Gasteiger partial charge < -0.3 is 15.2 Å². The van der Waals surface area contributed by atoms with E-state index in [0.29, 0.717) is 13.2 Å². The van der Waals surface area contributed by atoms with Crippen LogP contribution in [0, 0.1) is 0 Å². The first-order valence-corrected chi connectivity index (χ1v) is 6.06. The van der Waals surface area contributed by atoms with Crippen LogP contribution >= 0.6 is 0 Å². The predicted molar refractivity (Wildman–Crippen MR) is 66.9 cm³/mol. The average Bonchev–Trinajstić information content (AvgIpc) is 2.68. The summed E-state index contributed by atoms with van der Waals surface area (Å²) in [6.45, 7) is 5.71. The molecule has 0 saturated carbocycles. The maximum Gasteiger partial charge on any atom is 0.0897 e. The molecule has 1 atom stereocenters. The van der Waals surface area contributed by atoms with Crippen LogP contribution in [0.25, 0.3) is 0 Å². The van der Waals surface area contributed by atoms with Gasteiger partial charge in [-0.3, -0.25) is 4.68 Å². The highest BCUT2D eigenvalue weighted by atomic mass is 16.5. The summed E-state index contributed by atoms with van der Waals surface area (Å²) in [5.74, 6) is 0. The maximum atomic E-state index is 9.60. The van der Waals surface area contributed by atoms with Gasteiger partial charge >= 0.3 is 0 Å².